The van der Waals surface area contributed by atoms with Crippen LogP contribution in [0.15, 0.2) is 56.7 Å². The second-order valence-corrected chi connectivity index (χ2v) is 8.76. The van der Waals surface area contributed by atoms with Crippen molar-refractivity contribution in [1.82, 2.24) is 0 Å². The van der Waals surface area contributed by atoms with Crippen LogP contribution in [0.5, 0.6) is 5.75 Å². The van der Waals surface area contributed by atoms with Crippen LogP contribution in [0.1, 0.15) is 19.4 Å². The van der Waals surface area contributed by atoms with E-state index in [-0.39, 0.29) is 18.5 Å². The first kappa shape index (κ1) is 20.8. The summed E-state index contributed by atoms with van der Waals surface area (Å²) < 4.78 is 20.8. The quantitative estimate of drug-likeness (QED) is 0.431. The van der Waals surface area contributed by atoms with Gasteiger partial charge in [0, 0.05) is 21.0 Å². The van der Waals surface area contributed by atoms with Crippen molar-refractivity contribution >= 4 is 56.6 Å². The molecule has 0 amide bonds. The van der Waals surface area contributed by atoms with E-state index in [4.69, 9.17) is 17.0 Å². The number of anilines is 1. The first-order valence-corrected chi connectivity index (χ1v) is 10.5. The normalized spacial score (nSPS) is 15.1. The van der Waals surface area contributed by atoms with Gasteiger partial charge in [-0.15, -0.1) is 0 Å². The fraction of sp³-hybridized carbons (Fsp3) is 0.200. The van der Waals surface area contributed by atoms with Gasteiger partial charge in [-0.25, -0.2) is 9.18 Å². The highest BCUT2D eigenvalue weighted by molar-refractivity contribution is 9.10. The number of benzene rings is 2. The Bertz CT molecular complexity index is 978. The highest BCUT2D eigenvalue weighted by Gasteiger charge is 2.28. The molecule has 1 N–H and O–H groups in total. The maximum Gasteiger partial charge on any atom is 0.329 e. The number of aliphatic carboxylic acids is 1. The Morgan fingerprint density at radius 1 is 1.36 bits per heavy atom. The third-order valence-electron chi connectivity index (χ3n) is 3.87. The van der Waals surface area contributed by atoms with E-state index in [0.717, 1.165) is 16.7 Å². The van der Waals surface area contributed by atoms with Gasteiger partial charge < -0.3 is 14.7 Å². The second kappa shape index (κ2) is 8.63. The first-order valence-electron chi connectivity index (χ1n) is 8.43. The number of hydrogen-bond acceptors (Lipinski definition) is 4. The molecule has 28 heavy (non-hydrogen) atoms. The number of carboxylic acids is 1. The molecule has 4 nitrogen and oxygen atoms in total. The van der Waals surface area contributed by atoms with E-state index in [1.54, 1.807) is 17.0 Å². The molecule has 1 aliphatic heterocycles. The molecule has 2 aromatic carbocycles. The van der Waals surface area contributed by atoms with Crippen LogP contribution in [0.25, 0.3) is 0 Å². The van der Waals surface area contributed by atoms with Crippen molar-refractivity contribution in [3.63, 3.8) is 0 Å². The van der Waals surface area contributed by atoms with Gasteiger partial charge in [-0.1, -0.05) is 46.0 Å². The fourth-order valence-electron chi connectivity index (χ4n) is 2.73. The lowest BCUT2D eigenvalue weighted by molar-refractivity contribution is -0.131. The summed E-state index contributed by atoms with van der Waals surface area (Å²) >= 11 is 10.0. The maximum atomic E-state index is 14.4. The number of ether oxygens (including phenoxy) is 1. The molecule has 0 unspecified atom stereocenters. The van der Waals surface area contributed by atoms with Crippen molar-refractivity contribution < 1.29 is 19.0 Å². The van der Waals surface area contributed by atoms with E-state index in [9.17, 15) is 14.3 Å². The van der Waals surface area contributed by atoms with E-state index in [1.165, 1.54) is 17.8 Å². The molecule has 146 valence electrons. The van der Waals surface area contributed by atoms with Crippen LogP contribution in [0.3, 0.4) is 0 Å². The van der Waals surface area contributed by atoms with Crippen molar-refractivity contribution in [3.8, 4) is 5.75 Å². The van der Waals surface area contributed by atoms with E-state index < -0.39 is 5.97 Å². The summed E-state index contributed by atoms with van der Waals surface area (Å²) in [5.74, 6) is -0.767. The molecule has 0 fully saturated rings. The number of thiocarbonyl (C=S) groups is 1. The minimum Gasteiger partial charge on any atom is -0.491 e. The van der Waals surface area contributed by atoms with E-state index >= 15 is 0 Å². The van der Waals surface area contributed by atoms with Crippen molar-refractivity contribution in [2.75, 3.05) is 4.90 Å². The summed E-state index contributed by atoms with van der Waals surface area (Å²) in [6.07, 6.45) is 1.09. The molecule has 3 rings (SSSR count). The second-order valence-electron chi connectivity index (χ2n) is 6.37. The Labute approximate surface area is 180 Å². The summed E-state index contributed by atoms with van der Waals surface area (Å²) in [6, 6.07) is 10.4. The van der Waals surface area contributed by atoms with Gasteiger partial charge in [0.1, 0.15) is 16.6 Å². The SMILES string of the molecule is CC(C)Oc1ccc2c(c1)S/C(=C\C(=O)O)C(=S)N2Cc1ccc(Br)cc1F. The van der Waals surface area contributed by atoms with Crippen molar-refractivity contribution in [1.29, 1.82) is 0 Å². The van der Waals surface area contributed by atoms with Crippen LogP contribution in [0.4, 0.5) is 10.1 Å². The first-order chi connectivity index (χ1) is 13.2. The number of thioether (sulfide) groups is 1. The molecule has 0 aliphatic carbocycles. The molecule has 1 heterocycles. The molecule has 1 aliphatic rings. The molecule has 2 aromatic rings. The van der Waals surface area contributed by atoms with Crippen LogP contribution >= 0.6 is 39.9 Å². The smallest absolute Gasteiger partial charge is 0.329 e. The lowest BCUT2D eigenvalue weighted by Gasteiger charge is -2.33. The minimum absolute atomic E-state index is 0.00899. The van der Waals surface area contributed by atoms with Crippen LogP contribution in [0.2, 0.25) is 0 Å². The predicted octanol–water partition coefficient (Wildman–Crippen LogP) is 5.78. The predicted molar refractivity (Wildman–Crippen MR) is 117 cm³/mol. The number of carboxylic acid groups (broad SMARTS) is 1. The minimum atomic E-state index is -1.09. The molecule has 8 heteroatoms. The third kappa shape index (κ3) is 4.74. The summed E-state index contributed by atoms with van der Waals surface area (Å²) in [7, 11) is 0. The van der Waals surface area contributed by atoms with E-state index in [0.29, 0.717) is 25.7 Å². The summed E-state index contributed by atoms with van der Waals surface area (Å²) in [6.45, 7) is 4.05. The van der Waals surface area contributed by atoms with Gasteiger partial charge in [0.15, 0.2) is 0 Å². The largest absolute Gasteiger partial charge is 0.491 e. The Morgan fingerprint density at radius 2 is 2.11 bits per heavy atom. The highest BCUT2D eigenvalue weighted by atomic mass is 79.9. The highest BCUT2D eigenvalue weighted by Crippen LogP contribution is 2.44. The molecule has 0 saturated heterocycles. The lowest BCUT2D eigenvalue weighted by atomic mass is 10.1. The molecular weight excluding hydrogens is 465 g/mol. The van der Waals surface area contributed by atoms with Gasteiger partial charge >= 0.3 is 5.97 Å². The van der Waals surface area contributed by atoms with Crippen molar-refractivity contribution in [2.24, 2.45) is 0 Å². The molecule has 0 radical (unpaired) electrons. The number of hydrogen-bond donors (Lipinski definition) is 1. The summed E-state index contributed by atoms with van der Waals surface area (Å²) in [5.41, 5.74) is 1.25. The number of fused-ring (bicyclic) bond motifs is 1. The van der Waals surface area contributed by atoms with Gasteiger partial charge in [-0.3, -0.25) is 0 Å². The van der Waals surface area contributed by atoms with Crippen molar-refractivity contribution in [3.05, 3.63) is 63.2 Å². The Hall–Kier alpha value is -1.90. The Balaban J connectivity index is 2.04. The van der Waals surface area contributed by atoms with Crippen LogP contribution in [-0.2, 0) is 11.3 Å². The molecule has 0 atom stereocenters. The standard InChI is InChI=1S/C20H17BrFNO3S2/c1-11(2)26-14-5-6-16-17(8-14)28-18(9-19(24)25)20(27)23(16)10-12-3-4-13(21)7-15(12)22/h3-9,11H,10H2,1-2H3,(H,24,25)/b18-9-. The summed E-state index contributed by atoms with van der Waals surface area (Å²) in [5, 5.41) is 9.20. The van der Waals surface area contributed by atoms with Gasteiger partial charge in [0.05, 0.1) is 23.2 Å². The van der Waals surface area contributed by atoms with E-state index in [2.05, 4.69) is 15.9 Å². The zero-order valence-electron chi connectivity index (χ0n) is 15.1. The number of rotatable bonds is 5. The molecule has 0 spiro atoms. The third-order valence-corrected chi connectivity index (χ3v) is 6.01. The number of carbonyl (C=O) groups is 1. The molecular formula is C20H17BrFNO3S2. The molecule has 0 aromatic heterocycles. The van der Waals surface area contributed by atoms with Crippen LogP contribution < -0.4 is 9.64 Å². The van der Waals surface area contributed by atoms with Gasteiger partial charge in [0.25, 0.3) is 0 Å². The van der Waals surface area contributed by atoms with Crippen LogP contribution in [0, 0.1) is 5.82 Å². The monoisotopic (exact) mass is 481 g/mol. The zero-order chi connectivity index (χ0) is 20.4. The Kier molecular flexibility index (Phi) is 6.42. The lowest BCUT2D eigenvalue weighted by Crippen LogP contribution is -2.33. The maximum absolute atomic E-state index is 14.4. The van der Waals surface area contributed by atoms with E-state index in [1.807, 2.05) is 32.0 Å². The van der Waals surface area contributed by atoms with Gasteiger partial charge in [-0.2, -0.15) is 0 Å². The summed E-state index contributed by atoms with van der Waals surface area (Å²) in [4.78, 5) is 14.6. The van der Waals surface area contributed by atoms with Gasteiger partial charge in [-0.05, 0) is 44.2 Å². The number of nitrogens with zero attached hydrogens (tertiary/aromatic N) is 1. The zero-order valence-corrected chi connectivity index (χ0v) is 18.3. The van der Waals surface area contributed by atoms with Gasteiger partial charge in [0.2, 0.25) is 0 Å². The van der Waals surface area contributed by atoms with Crippen LogP contribution in [-0.4, -0.2) is 22.2 Å². The average molecular weight is 482 g/mol. The average Bonchev–Trinajstić information content (AvgIpc) is 2.59. The number of halogens is 2. The molecule has 0 bridgehead atoms. The Morgan fingerprint density at radius 3 is 2.75 bits per heavy atom. The molecule has 0 saturated carbocycles. The topological polar surface area (TPSA) is 49.8 Å². The fourth-order valence-corrected chi connectivity index (χ4v) is 4.46. The van der Waals surface area contributed by atoms with Crippen molar-refractivity contribution in [2.45, 2.75) is 31.4 Å².